The molecule has 0 bridgehead atoms. The average Bonchev–Trinajstić information content (AvgIpc) is 3.16. The van der Waals surface area contributed by atoms with Gasteiger partial charge in [-0.1, -0.05) is 24.3 Å². The molecule has 0 saturated carbocycles. The average molecular weight is 449 g/mol. The van der Waals surface area contributed by atoms with Crippen LogP contribution in [-0.4, -0.2) is 43.4 Å². The Kier molecular flexibility index (Phi) is 4.97. The molecule has 162 valence electrons. The SMILES string of the molecule is N=C(N)c1ccc(Cn2ccc3cc[n+](CC4=C(C(=O)O)N5C(=O)CC5SC4)cc32)cc1. The van der Waals surface area contributed by atoms with Crippen LogP contribution in [0.25, 0.3) is 10.9 Å². The molecule has 8 nitrogen and oxygen atoms in total. The highest BCUT2D eigenvalue weighted by Crippen LogP contribution is 2.39. The molecule has 4 heterocycles. The number of amidine groups is 1. The fraction of sp³-hybridized carbons (Fsp3) is 0.217. The Hall–Kier alpha value is -3.59. The maximum atomic E-state index is 12.0. The van der Waals surface area contributed by atoms with Crippen LogP contribution >= 0.6 is 11.8 Å². The van der Waals surface area contributed by atoms with Crippen molar-refractivity contribution in [1.82, 2.24) is 9.47 Å². The predicted molar refractivity (Wildman–Crippen MR) is 121 cm³/mol. The van der Waals surface area contributed by atoms with Crippen LogP contribution in [0.15, 0.2) is 66.3 Å². The molecule has 3 aromatic rings. The molecule has 2 aliphatic rings. The van der Waals surface area contributed by atoms with Crippen LogP contribution in [0.3, 0.4) is 0 Å². The van der Waals surface area contributed by atoms with Crippen molar-refractivity contribution in [1.29, 1.82) is 5.41 Å². The smallest absolute Gasteiger partial charge is 0.352 e. The lowest BCUT2D eigenvalue weighted by Crippen LogP contribution is -2.54. The number of nitrogen functional groups attached to an aromatic ring is 1. The first-order valence-electron chi connectivity index (χ1n) is 10.2. The Balaban J connectivity index is 1.43. The molecule has 4 N–H and O–H groups in total. The summed E-state index contributed by atoms with van der Waals surface area (Å²) < 4.78 is 4.10. The molecule has 2 aliphatic heterocycles. The van der Waals surface area contributed by atoms with Gasteiger partial charge in [-0.25, -0.2) is 4.79 Å². The number of pyridine rings is 1. The number of hydrogen-bond donors (Lipinski definition) is 3. The lowest BCUT2D eigenvalue weighted by Gasteiger charge is -2.43. The van der Waals surface area contributed by atoms with Crippen molar-refractivity contribution in [3.8, 4) is 0 Å². The standard InChI is InChI=1S/C23H21N5O3S/c24-22(25)16-3-1-14(2-4-16)10-27-8-6-15-5-7-26(12-18(15)27)11-17-13-32-20-9-19(29)28(20)21(17)23(30)31/h1-8,12,20H,9-11,13H2,(H3-,24,25,30,31)/p+1. The van der Waals surface area contributed by atoms with E-state index in [1.807, 2.05) is 59.6 Å². The molecular formula is C23H22N5O3S+. The number of carboxylic acid groups (broad SMARTS) is 1. The van der Waals surface area contributed by atoms with E-state index < -0.39 is 5.97 Å². The van der Waals surface area contributed by atoms with Crippen LogP contribution in [0, 0.1) is 5.41 Å². The number of aliphatic carboxylic acids is 1. The Bertz CT molecular complexity index is 1290. The molecule has 1 atom stereocenters. The topological polar surface area (TPSA) is 116 Å². The van der Waals surface area contributed by atoms with Gasteiger partial charge < -0.3 is 15.4 Å². The van der Waals surface area contributed by atoms with Crippen LogP contribution in [0.4, 0.5) is 0 Å². The second kappa shape index (κ2) is 7.83. The highest BCUT2D eigenvalue weighted by Gasteiger charge is 2.45. The monoisotopic (exact) mass is 448 g/mol. The number of carbonyl (C=O) groups excluding carboxylic acids is 1. The van der Waals surface area contributed by atoms with Crippen molar-refractivity contribution in [2.45, 2.75) is 24.9 Å². The van der Waals surface area contributed by atoms with E-state index in [9.17, 15) is 14.7 Å². The number of hydrogen-bond acceptors (Lipinski definition) is 4. The van der Waals surface area contributed by atoms with Gasteiger partial charge in [-0.05, 0) is 11.6 Å². The van der Waals surface area contributed by atoms with Crippen LogP contribution in [0.1, 0.15) is 17.5 Å². The van der Waals surface area contributed by atoms with Crippen LogP contribution in [0.2, 0.25) is 0 Å². The van der Waals surface area contributed by atoms with Crippen molar-refractivity contribution in [3.05, 3.63) is 77.4 Å². The van der Waals surface area contributed by atoms with Gasteiger partial charge >= 0.3 is 5.97 Å². The minimum atomic E-state index is -1.04. The number of thioether (sulfide) groups is 1. The summed E-state index contributed by atoms with van der Waals surface area (Å²) in [7, 11) is 0. The minimum absolute atomic E-state index is 0.0450. The number of aromatic nitrogens is 2. The van der Waals surface area contributed by atoms with E-state index in [0.717, 1.165) is 22.0 Å². The molecular weight excluding hydrogens is 426 g/mol. The number of carbonyl (C=O) groups is 2. The number of rotatable bonds is 6. The number of benzene rings is 1. The zero-order valence-electron chi connectivity index (χ0n) is 17.2. The molecule has 9 heteroatoms. The molecule has 0 radical (unpaired) electrons. The van der Waals surface area contributed by atoms with E-state index in [0.29, 0.717) is 30.8 Å². The highest BCUT2D eigenvalue weighted by atomic mass is 32.2. The molecule has 1 amide bonds. The zero-order valence-corrected chi connectivity index (χ0v) is 18.0. The van der Waals surface area contributed by atoms with Gasteiger partial charge in [0.15, 0.2) is 18.9 Å². The fourth-order valence-corrected chi connectivity index (χ4v) is 5.46. The lowest BCUT2D eigenvalue weighted by atomic mass is 10.1. The molecule has 1 saturated heterocycles. The zero-order chi connectivity index (χ0) is 22.4. The summed E-state index contributed by atoms with van der Waals surface area (Å²) in [6.07, 6.45) is 6.39. The highest BCUT2D eigenvalue weighted by molar-refractivity contribution is 8.00. The number of carboxylic acids is 1. The molecule has 1 fully saturated rings. The van der Waals surface area contributed by atoms with E-state index >= 15 is 0 Å². The molecule has 0 spiro atoms. The molecule has 1 aromatic carbocycles. The van der Waals surface area contributed by atoms with Gasteiger partial charge in [0.25, 0.3) is 0 Å². The summed E-state index contributed by atoms with van der Waals surface area (Å²) in [5, 5.41) is 18.3. The number of amides is 1. The Labute approximate surface area is 188 Å². The van der Waals surface area contributed by atoms with Gasteiger partial charge in [-0.15, -0.1) is 11.8 Å². The molecule has 0 aliphatic carbocycles. The van der Waals surface area contributed by atoms with Crippen LogP contribution < -0.4 is 10.3 Å². The van der Waals surface area contributed by atoms with Crippen molar-refractivity contribution >= 4 is 40.4 Å². The second-order valence-electron chi connectivity index (χ2n) is 8.00. The number of β-lactam (4-membered cyclic amide) rings is 1. The van der Waals surface area contributed by atoms with Crippen molar-refractivity contribution < 1.29 is 19.3 Å². The van der Waals surface area contributed by atoms with Crippen molar-refractivity contribution in [2.75, 3.05) is 5.75 Å². The molecule has 5 rings (SSSR count). The third kappa shape index (κ3) is 3.54. The summed E-state index contributed by atoms with van der Waals surface area (Å²) >= 11 is 1.62. The van der Waals surface area contributed by atoms with Crippen molar-refractivity contribution in [3.63, 3.8) is 0 Å². The first-order chi connectivity index (χ1) is 15.4. The van der Waals surface area contributed by atoms with Gasteiger partial charge in [-0.2, -0.15) is 4.57 Å². The Morgan fingerprint density at radius 1 is 1.25 bits per heavy atom. The van der Waals surface area contributed by atoms with Gasteiger partial charge in [0.05, 0.1) is 11.8 Å². The molecule has 2 aromatic heterocycles. The van der Waals surface area contributed by atoms with Crippen LogP contribution in [-0.2, 0) is 22.7 Å². The van der Waals surface area contributed by atoms with Gasteiger partial charge in [0, 0.05) is 41.1 Å². The summed E-state index contributed by atoms with van der Waals surface area (Å²) in [6.45, 7) is 1.08. The first-order valence-corrected chi connectivity index (χ1v) is 11.3. The third-order valence-corrected chi connectivity index (χ3v) is 7.18. The van der Waals surface area contributed by atoms with E-state index in [1.165, 1.54) is 4.90 Å². The van der Waals surface area contributed by atoms with E-state index in [1.54, 1.807) is 11.8 Å². The number of nitrogens with zero attached hydrogens (tertiary/aromatic N) is 3. The van der Waals surface area contributed by atoms with Gasteiger partial charge in [0.1, 0.15) is 17.0 Å². The Morgan fingerprint density at radius 3 is 2.72 bits per heavy atom. The largest absolute Gasteiger partial charge is 0.477 e. The summed E-state index contributed by atoms with van der Waals surface area (Å²) in [5.74, 6) is -0.518. The van der Waals surface area contributed by atoms with Gasteiger partial charge in [0.2, 0.25) is 5.91 Å². The van der Waals surface area contributed by atoms with Crippen molar-refractivity contribution in [2.24, 2.45) is 5.73 Å². The Morgan fingerprint density at radius 2 is 2.03 bits per heavy atom. The number of nitrogens with one attached hydrogen (secondary N) is 1. The maximum absolute atomic E-state index is 12.0. The van der Waals surface area contributed by atoms with E-state index in [4.69, 9.17) is 11.1 Å². The predicted octanol–water partition coefficient (Wildman–Crippen LogP) is 1.91. The molecule has 1 unspecified atom stereocenters. The number of nitrogens with two attached hydrogens (primary N) is 1. The summed E-state index contributed by atoms with van der Waals surface area (Å²) in [4.78, 5) is 25.3. The first kappa shape index (κ1) is 20.3. The summed E-state index contributed by atoms with van der Waals surface area (Å²) in [5.41, 5.74) is 9.23. The normalized spacial score (nSPS) is 17.9. The van der Waals surface area contributed by atoms with Crippen LogP contribution in [0.5, 0.6) is 0 Å². The van der Waals surface area contributed by atoms with E-state index in [2.05, 4.69) is 4.57 Å². The summed E-state index contributed by atoms with van der Waals surface area (Å²) in [6, 6.07) is 11.7. The third-order valence-electron chi connectivity index (χ3n) is 5.90. The number of fused-ring (bicyclic) bond motifs is 2. The lowest BCUT2D eigenvalue weighted by molar-refractivity contribution is -0.687. The van der Waals surface area contributed by atoms with E-state index in [-0.39, 0.29) is 22.8 Å². The fourth-order valence-electron chi connectivity index (χ4n) is 4.21. The quantitative estimate of drug-likeness (QED) is 0.231. The second-order valence-corrected chi connectivity index (χ2v) is 9.17. The van der Waals surface area contributed by atoms with Gasteiger partial charge in [-0.3, -0.25) is 15.1 Å². The minimum Gasteiger partial charge on any atom is -0.477 e. The molecule has 32 heavy (non-hydrogen) atoms. The maximum Gasteiger partial charge on any atom is 0.352 e.